The molecule has 1 amide bonds. The molecule has 0 aromatic rings. The topological polar surface area (TPSA) is 178 Å². The molecule has 0 radical (unpaired) electrons. The van der Waals surface area contributed by atoms with E-state index in [-0.39, 0.29) is 53.9 Å². The van der Waals surface area contributed by atoms with Gasteiger partial charge in [0, 0.05) is 46.1 Å². The van der Waals surface area contributed by atoms with E-state index in [1.165, 1.54) is 12.0 Å². The molecule has 65 heavy (non-hydrogen) atoms. The van der Waals surface area contributed by atoms with Crippen LogP contribution in [-0.4, -0.2) is 126 Å². The SMILES string of the molecule is CO[C@H]1C[C@@H]2CC[C@@H](C)[C@@](O)(O2)C(=O)C(=O)N2CCCC[C@H]2C(=O)OC([C@H](C)C[C@@H]2CC[C@@H](O)[C@H](OC)C2)CC(C)[C@H](C)/C=C(\C)[C@@H](O)[C@@H](OC)C(=O)[C@H](C)C[C@H](C)/C=C/C=CC=C1C. The fourth-order valence-electron chi connectivity index (χ4n) is 10.4. The van der Waals surface area contributed by atoms with Crippen LogP contribution in [0.15, 0.2) is 47.6 Å². The number of rotatable bonds is 6. The summed E-state index contributed by atoms with van der Waals surface area (Å²) in [6.45, 7) is 15.7. The lowest BCUT2D eigenvalue weighted by Crippen LogP contribution is -2.61. The second-order valence-corrected chi connectivity index (χ2v) is 20.2. The molecule has 1 aliphatic carbocycles. The van der Waals surface area contributed by atoms with Crippen molar-refractivity contribution in [2.75, 3.05) is 27.9 Å². The summed E-state index contributed by atoms with van der Waals surface area (Å²) in [6, 6.07) is -1.03. The third-order valence-electron chi connectivity index (χ3n) is 15.1. The van der Waals surface area contributed by atoms with Crippen molar-refractivity contribution < 1.29 is 58.2 Å². The maximum Gasteiger partial charge on any atom is 0.329 e. The molecular weight excluding hydrogens is 831 g/mol. The number of aliphatic hydroxyl groups excluding tert-OH is 2. The fraction of sp³-hybridized carbons (Fsp3) is 0.769. The Labute approximate surface area is 389 Å². The summed E-state index contributed by atoms with van der Waals surface area (Å²) in [5, 5.41) is 34.0. The van der Waals surface area contributed by atoms with Gasteiger partial charge < -0.3 is 43.9 Å². The lowest BCUT2D eigenvalue weighted by atomic mass is 9.77. The van der Waals surface area contributed by atoms with Gasteiger partial charge >= 0.3 is 5.97 Å². The predicted octanol–water partition coefficient (Wildman–Crippen LogP) is 7.25. The van der Waals surface area contributed by atoms with Crippen molar-refractivity contribution in [2.24, 2.45) is 41.4 Å². The second kappa shape index (κ2) is 25.4. The number of Topliss-reactive ketones (excluding diaryl/α,β-unsaturated/α-hetero) is 2. The summed E-state index contributed by atoms with van der Waals surface area (Å²) >= 11 is 0. The number of ketones is 2. The van der Waals surface area contributed by atoms with Crippen molar-refractivity contribution in [1.29, 1.82) is 0 Å². The number of fused-ring (bicyclic) bond motifs is 3. The molecule has 368 valence electrons. The largest absolute Gasteiger partial charge is 0.461 e. The summed E-state index contributed by atoms with van der Waals surface area (Å²) < 4.78 is 29.8. The van der Waals surface area contributed by atoms with Crippen molar-refractivity contribution in [1.82, 2.24) is 4.90 Å². The van der Waals surface area contributed by atoms with Gasteiger partial charge in [0.25, 0.3) is 11.7 Å². The van der Waals surface area contributed by atoms with Crippen LogP contribution in [0, 0.1) is 41.4 Å². The fourth-order valence-corrected chi connectivity index (χ4v) is 10.4. The normalized spacial score (nSPS) is 40.2. The average molecular weight is 914 g/mol. The zero-order valence-electron chi connectivity index (χ0n) is 41.3. The highest BCUT2D eigenvalue weighted by atomic mass is 16.6. The predicted molar refractivity (Wildman–Crippen MR) is 249 cm³/mol. The molecule has 13 heteroatoms. The molecule has 4 aliphatic rings. The average Bonchev–Trinajstić information content (AvgIpc) is 3.28. The first-order valence-corrected chi connectivity index (χ1v) is 24.4. The number of aliphatic hydroxyl groups is 3. The number of carbonyl (C=O) groups is 4. The third-order valence-corrected chi connectivity index (χ3v) is 15.1. The van der Waals surface area contributed by atoms with Gasteiger partial charge in [-0.25, -0.2) is 4.79 Å². The highest BCUT2D eigenvalue weighted by Crippen LogP contribution is 2.38. The number of carbonyl (C=O) groups excluding carboxylic acids is 4. The molecule has 3 fully saturated rings. The number of allylic oxidation sites excluding steroid dienone is 6. The Kier molecular flexibility index (Phi) is 21.3. The van der Waals surface area contributed by atoms with Gasteiger partial charge in [0.1, 0.15) is 24.4 Å². The van der Waals surface area contributed by atoms with Crippen LogP contribution in [0.5, 0.6) is 0 Å². The van der Waals surface area contributed by atoms with Crippen LogP contribution < -0.4 is 0 Å². The Bertz CT molecular complexity index is 1710. The van der Waals surface area contributed by atoms with Gasteiger partial charge in [-0.1, -0.05) is 78.0 Å². The second-order valence-electron chi connectivity index (χ2n) is 20.2. The number of amides is 1. The molecule has 3 aliphatic heterocycles. The van der Waals surface area contributed by atoms with Crippen molar-refractivity contribution in [3.8, 4) is 0 Å². The number of ether oxygens (including phenoxy) is 5. The van der Waals surface area contributed by atoms with Crippen LogP contribution >= 0.6 is 0 Å². The van der Waals surface area contributed by atoms with E-state index in [0.29, 0.717) is 76.2 Å². The number of hydrogen-bond donors (Lipinski definition) is 3. The van der Waals surface area contributed by atoms with Crippen molar-refractivity contribution in [3.05, 3.63) is 47.6 Å². The monoisotopic (exact) mass is 914 g/mol. The number of nitrogens with zero attached hydrogens (tertiary/aromatic N) is 1. The molecule has 13 nitrogen and oxygen atoms in total. The Balaban J connectivity index is 1.70. The van der Waals surface area contributed by atoms with Crippen LogP contribution in [0.25, 0.3) is 0 Å². The molecule has 2 bridgehead atoms. The molecule has 16 atom stereocenters. The summed E-state index contributed by atoms with van der Waals surface area (Å²) in [5.74, 6) is -6.22. The summed E-state index contributed by atoms with van der Waals surface area (Å²) in [6.07, 6.45) is 13.8. The third kappa shape index (κ3) is 14.5. The number of methoxy groups -OCH3 is 3. The van der Waals surface area contributed by atoms with E-state index in [1.54, 1.807) is 28.1 Å². The van der Waals surface area contributed by atoms with Crippen molar-refractivity contribution in [3.63, 3.8) is 0 Å². The quantitative estimate of drug-likeness (QED) is 0.138. The molecule has 0 aromatic carbocycles. The Morgan fingerprint density at radius 1 is 0.831 bits per heavy atom. The van der Waals surface area contributed by atoms with Gasteiger partial charge in [-0.15, -0.1) is 0 Å². The molecule has 3 heterocycles. The lowest BCUT2D eigenvalue weighted by Gasteiger charge is -2.43. The van der Waals surface area contributed by atoms with Gasteiger partial charge in [0.05, 0.1) is 24.4 Å². The van der Waals surface area contributed by atoms with Gasteiger partial charge in [0.2, 0.25) is 5.79 Å². The van der Waals surface area contributed by atoms with Crippen molar-refractivity contribution >= 4 is 23.4 Å². The number of cyclic esters (lactones) is 1. The van der Waals surface area contributed by atoms with E-state index in [2.05, 4.69) is 13.8 Å². The first kappa shape index (κ1) is 54.6. The lowest BCUT2D eigenvalue weighted by molar-refractivity contribution is -0.265. The minimum absolute atomic E-state index is 0.0554. The number of hydrogen-bond acceptors (Lipinski definition) is 12. The summed E-state index contributed by atoms with van der Waals surface area (Å²) in [4.78, 5) is 58.0. The first-order chi connectivity index (χ1) is 30.7. The van der Waals surface area contributed by atoms with Crippen LogP contribution in [0.2, 0.25) is 0 Å². The maximum atomic E-state index is 14.5. The zero-order chi connectivity index (χ0) is 48.2. The molecular formula is C52H83NO12. The van der Waals surface area contributed by atoms with E-state index in [1.807, 2.05) is 64.2 Å². The first-order valence-electron chi connectivity index (χ1n) is 24.4. The molecule has 1 saturated carbocycles. The highest BCUT2D eigenvalue weighted by Gasteiger charge is 2.53. The van der Waals surface area contributed by atoms with Crippen LogP contribution in [0.3, 0.4) is 0 Å². The minimum Gasteiger partial charge on any atom is -0.461 e. The van der Waals surface area contributed by atoms with E-state index >= 15 is 0 Å². The zero-order valence-corrected chi connectivity index (χ0v) is 41.3. The maximum absolute atomic E-state index is 14.5. The van der Waals surface area contributed by atoms with E-state index < -0.39 is 72.0 Å². The van der Waals surface area contributed by atoms with E-state index in [0.717, 1.165) is 12.0 Å². The van der Waals surface area contributed by atoms with Gasteiger partial charge in [0.15, 0.2) is 5.78 Å². The molecule has 2 saturated heterocycles. The molecule has 0 spiro atoms. The summed E-state index contributed by atoms with van der Waals surface area (Å²) in [5.41, 5.74) is 1.51. The molecule has 4 rings (SSSR count). The molecule has 3 N–H and O–H groups in total. The Morgan fingerprint density at radius 2 is 1.55 bits per heavy atom. The smallest absolute Gasteiger partial charge is 0.329 e. The van der Waals surface area contributed by atoms with E-state index in [4.69, 9.17) is 23.7 Å². The van der Waals surface area contributed by atoms with E-state index in [9.17, 15) is 34.5 Å². The summed E-state index contributed by atoms with van der Waals surface area (Å²) in [7, 11) is 4.65. The van der Waals surface area contributed by atoms with Crippen LogP contribution in [-0.2, 0) is 42.9 Å². The highest BCUT2D eigenvalue weighted by molar-refractivity contribution is 6.39. The van der Waals surface area contributed by atoms with Crippen molar-refractivity contribution in [2.45, 2.75) is 187 Å². The van der Waals surface area contributed by atoms with Gasteiger partial charge in [-0.3, -0.25) is 14.4 Å². The molecule has 2 unspecified atom stereocenters. The number of esters is 1. The number of piperidine rings is 1. The van der Waals surface area contributed by atoms with Gasteiger partial charge in [-0.2, -0.15) is 0 Å². The van der Waals surface area contributed by atoms with Crippen LogP contribution in [0.1, 0.15) is 132 Å². The Morgan fingerprint density at radius 3 is 2.23 bits per heavy atom. The van der Waals surface area contributed by atoms with Crippen LogP contribution in [0.4, 0.5) is 0 Å². The standard InChI is InChI=1S/C52H83NO12/c1-31-17-13-12-14-18-32(2)43(61-9)30-40-22-20-38(8)52(60,65-40)49(57)50(58)53-24-16-15-19-41(53)51(59)64-44(35(5)27-39-21-23-42(54)45(29-39)62-10)28-34(4)33(3)26-37(7)47(56)48(63-11)46(55)36(6)25-31/h12-14,17-18,26,31,33-36,38-45,47-48,54,56,60H,15-16,19-25,27-30H2,1-11H3/b14-12?,17-13+,32-18?,37-26+/t31-,33-,34?,35-,36-,38-,39+,40+,41+,42-,43+,44?,45-,47-,48+,52-/m1/s1. The molecule has 0 aromatic heterocycles. The Hall–Kier alpha value is -3.04. The van der Waals surface area contributed by atoms with Gasteiger partial charge in [-0.05, 0) is 125 Å². The minimum atomic E-state index is -2.38.